The minimum atomic E-state index is -0.103. The summed E-state index contributed by atoms with van der Waals surface area (Å²) in [6.45, 7) is 3.39. The molecule has 22 heavy (non-hydrogen) atoms. The Balaban J connectivity index is 1.68. The Kier molecular flexibility index (Phi) is 4.40. The second-order valence-corrected chi connectivity index (χ2v) is 6.44. The molecule has 3 aromatic heterocycles. The van der Waals surface area contributed by atoms with Crippen molar-refractivity contribution in [3.8, 4) is 0 Å². The van der Waals surface area contributed by atoms with Crippen LogP contribution in [0.2, 0.25) is 4.34 Å². The van der Waals surface area contributed by atoms with Crippen molar-refractivity contribution >= 4 is 40.0 Å². The number of aryl methyl sites for hydroxylation is 1. The van der Waals surface area contributed by atoms with Crippen LogP contribution in [0.3, 0.4) is 0 Å². The number of nitrogens with one attached hydrogen (secondary N) is 1. The number of imidazole rings is 1. The maximum atomic E-state index is 12.0. The lowest BCUT2D eigenvalue weighted by atomic mass is 10.3. The number of carbonyl (C=O) groups excluding carboxylic acids is 1. The minimum Gasteiger partial charge on any atom is -0.351 e. The number of halogens is 1. The summed E-state index contributed by atoms with van der Waals surface area (Å²) >= 11 is 7.11. The Morgan fingerprint density at radius 2 is 2.27 bits per heavy atom. The molecule has 0 aliphatic carbocycles. The van der Waals surface area contributed by atoms with Crippen LogP contribution in [0.4, 0.5) is 0 Å². The zero-order chi connectivity index (χ0) is 15.5. The molecule has 0 radical (unpaired) electrons. The lowest BCUT2D eigenvalue weighted by molar-refractivity contribution is 0.0958. The number of thiophene rings is 1. The maximum absolute atomic E-state index is 12.0. The minimum absolute atomic E-state index is 0.103. The molecule has 0 bridgehead atoms. The van der Waals surface area contributed by atoms with Crippen molar-refractivity contribution in [2.24, 2.45) is 0 Å². The van der Waals surface area contributed by atoms with Crippen molar-refractivity contribution in [1.82, 2.24) is 19.9 Å². The molecule has 0 aliphatic rings. The SMILES string of the molecule is CCn1c(CCNC(=O)c2ccc(Cl)s2)nc2cccnc21. The molecule has 0 saturated carbocycles. The molecule has 0 unspecified atom stereocenters. The van der Waals surface area contributed by atoms with E-state index in [1.165, 1.54) is 11.3 Å². The molecule has 0 spiro atoms. The van der Waals surface area contributed by atoms with E-state index in [1.54, 1.807) is 18.3 Å². The lowest BCUT2D eigenvalue weighted by Crippen LogP contribution is -2.25. The summed E-state index contributed by atoms with van der Waals surface area (Å²) in [5.41, 5.74) is 1.77. The van der Waals surface area contributed by atoms with E-state index in [9.17, 15) is 4.79 Å². The van der Waals surface area contributed by atoms with Crippen molar-refractivity contribution < 1.29 is 4.79 Å². The number of pyridine rings is 1. The van der Waals surface area contributed by atoms with Crippen molar-refractivity contribution in [3.63, 3.8) is 0 Å². The number of hydrogen-bond acceptors (Lipinski definition) is 4. The van der Waals surface area contributed by atoms with Gasteiger partial charge in [0.1, 0.15) is 11.3 Å². The highest BCUT2D eigenvalue weighted by Crippen LogP contribution is 2.21. The molecular formula is C15H15ClN4OS. The third-order valence-corrected chi connectivity index (χ3v) is 4.56. The number of fused-ring (bicyclic) bond motifs is 1. The third kappa shape index (κ3) is 2.98. The normalized spacial score (nSPS) is 11.0. The van der Waals surface area contributed by atoms with Crippen LogP contribution in [0.25, 0.3) is 11.2 Å². The van der Waals surface area contributed by atoms with Gasteiger partial charge in [-0.15, -0.1) is 11.3 Å². The quantitative estimate of drug-likeness (QED) is 0.779. The first-order valence-electron chi connectivity index (χ1n) is 7.02. The lowest BCUT2D eigenvalue weighted by Gasteiger charge is -2.06. The number of carbonyl (C=O) groups is 1. The molecule has 0 aromatic carbocycles. The Labute approximate surface area is 137 Å². The smallest absolute Gasteiger partial charge is 0.261 e. The van der Waals surface area contributed by atoms with Crippen molar-refractivity contribution in [2.45, 2.75) is 19.9 Å². The van der Waals surface area contributed by atoms with Crippen LogP contribution in [-0.4, -0.2) is 27.0 Å². The Bertz CT molecular complexity index is 811. The monoisotopic (exact) mass is 334 g/mol. The zero-order valence-corrected chi connectivity index (χ0v) is 13.6. The molecule has 0 saturated heterocycles. The molecular weight excluding hydrogens is 320 g/mol. The van der Waals surface area contributed by atoms with Gasteiger partial charge in [0.15, 0.2) is 5.65 Å². The van der Waals surface area contributed by atoms with Gasteiger partial charge in [0.25, 0.3) is 5.91 Å². The molecule has 0 fully saturated rings. The van der Waals surface area contributed by atoms with Gasteiger partial charge in [0.05, 0.1) is 9.21 Å². The van der Waals surface area contributed by atoms with Gasteiger partial charge in [-0.05, 0) is 31.2 Å². The fourth-order valence-electron chi connectivity index (χ4n) is 2.34. The van der Waals surface area contributed by atoms with Crippen LogP contribution < -0.4 is 5.32 Å². The van der Waals surface area contributed by atoms with Gasteiger partial charge in [0, 0.05) is 25.7 Å². The third-order valence-electron chi connectivity index (χ3n) is 3.33. The summed E-state index contributed by atoms with van der Waals surface area (Å²) in [7, 11) is 0. The van der Waals surface area contributed by atoms with E-state index in [-0.39, 0.29) is 5.91 Å². The fraction of sp³-hybridized carbons (Fsp3) is 0.267. The topological polar surface area (TPSA) is 59.8 Å². The first-order chi connectivity index (χ1) is 10.7. The highest BCUT2D eigenvalue weighted by Gasteiger charge is 2.12. The molecule has 1 amide bonds. The van der Waals surface area contributed by atoms with Crippen LogP contribution >= 0.6 is 22.9 Å². The molecule has 7 heteroatoms. The molecule has 0 atom stereocenters. The van der Waals surface area contributed by atoms with Crippen LogP contribution in [-0.2, 0) is 13.0 Å². The second-order valence-electron chi connectivity index (χ2n) is 4.73. The first kappa shape index (κ1) is 15.0. The molecule has 5 nitrogen and oxygen atoms in total. The summed E-state index contributed by atoms with van der Waals surface area (Å²) in [6, 6.07) is 7.28. The van der Waals surface area contributed by atoms with Gasteiger partial charge in [-0.3, -0.25) is 4.79 Å². The standard InChI is InChI=1S/C15H15ClN4OS/c1-2-20-13(19-10-4-3-8-17-14(10)20)7-9-18-15(21)11-5-6-12(16)22-11/h3-6,8H,2,7,9H2,1H3,(H,18,21). The van der Waals surface area contributed by atoms with Gasteiger partial charge in [0.2, 0.25) is 0 Å². The average molecular weight is 335 g/mol. The van der Waals surface area contributed by atoms with Crippen LogP contribution in [0, 0.1) is 0 Å². The van der Waals surface area contributed by atoms with Crippen LogP contribution in [0.5, 0.6) is 0 Å². The maximum Gasteiger partial charge on any atom is 0.261 e. The molecule has 1 N–H and O–H groups in total. The first-order valence-corrected chi connectivity index (χ1v) is 8.22. The predicted molar refractivity (Wildman–Crippen MR) is 88.6 cm³/mol. The molecule has 3 heterocycles. The van der Waals surface area contributed by atoms with Gasteiger partial charge in [-0.25, -0.2) is 9.97 Å². The Morgan fingerprint density at radius 3 is 3.00 bits per heavy atom. The van der Waals surface area contributed by atoms with E-state index in [4.69, 9.17) is 11.6 Å². The van der Waals surface area contributed by atoms with Gasteiger partial charge in [-0.1, -0.05) is 11.6 Å². The molecule has 3 rings (SSSR count). The highest BCUT2D eigenvalue weighted by molar-refractivity contribution is 7.17. The largest absolute Gasteiger partial charge is 0.351 e. The predicted octanol–water partition coefficient (Wildman–Crippen LogP) is 3.14. The summed E-state index contributed by atoms with van der Waals surface area (Å²) in [5, 5.41) is 2.90. The van der Waals surface area contributed by atoms with Crippen LogP contribution in [0.1, 0.15) is 22.4 Å². The number of amides is 1. The second kappa shape index (κ2) is 6.46. The van der Waals surface area contributed by atoms with Crippen molar-refractivity contribution in [2.75, 3.05) is 6.54 Å². The highest BCUT2D eigenvalue weighted by atomic mass is 35.5. The summed E-state index contributed by atoms with van der Waals surface area (Å²) in [4.78, 5) is 21.6. The fourth-order valence-corrected chi connectivity index (χ4v) is 3.30. The van der Waals surface area contributed by atoms with E-state index in [2.05, 4.69) is 26.8 Å². The van der Waals surface area contributed by atoms with Crippen molar-refractivity contribution in [1.29, 1.82) is 0 Å². The summed E-state index contributed by atoms with van der Waals surface area (Å²) < 4.78 is 2.69. The van der Waals surface area contributed by atoms with Crippen molar-refractivity contribution in [3.05, 3.63) is 45.5 Å². The van der Waals surface area contributed by atoms with E-state index < -0.39 is 0 Å². The van der Waals surface area contributed by atoms with Gasteiger partial charge >= 0.3 is 0 Å². The molecule has 114 valence electrons. The Hall–Kier alpha value is -1.92. The van der Waals surface area contributed by atoms with Gasteiger partial charge in [-0.2, -0.15) is 0 Å². The number of hydrogen-bond donors (Lipinski definition) is 1. The van der Waals surface area contributed by atoms with E-state index in [0.29, 0.717) is 22.2 Å². The summed E-state index contributed by atoms with van der Waals surface area (Å²) in [5.74, 6) is 0.829. The Morgan fingerprint density at radius 1 is 1.41 bits per heavy atom. The van der Waals surface area contributed by atoms with E-state index in [0.717, 1.165) is 23.5 Å². The molecule has 0 aliphatic heterocycles. The van der Waals surface area contributed by atoms with Gasteiger partial charge < -0.3 is 9.88 Å². The molecule has 3 aromatic rings. The number of nitrogens with zero attached hydrogens (tertiary/aromatic N) is 3. The number of aromatic nitrogens is 3. The van der Waals surface area contributed by atoms with E-state index >= 15 is 0 Å². The van der Waals surface area contributed by atoms with Crippen LogP contribution in [0.15, 0.2) is 30.5 Å². The summed E-state index contributed by atoms with van der Waals surface area (Å²) in [6.07, 6.45) is 2.43. The van der Waals surface area contributed by atoms with E-state index in [1.807, 2.05) is 12.1 Å². The zero-order valence-electron chi connectivity index (χ0n) is 12.0. The number of rotatable bonds is 5. The average Bonchev–Trinajstić information content (AvgIpc) is 3.10.